The fraction of sp³-hybridized carbons (Fsp3) is 0.286. The van der Waals surface area contributed by atoms with Crippen LogP contribution in [0.4, 0.5) is 0 Å². The van der Waals surface area contributed by atoms with Crippen molar-refractivity contribution in [2.24, 2.45) is 0 Å². The van der Waals surface area contributed by atoms with Crippen molar-refractivity contribution in [3.63, 3.8) is 0 Å². The molecule has 0 radical (unpaired) electrons. The number of halogens is 1. The SMILES string of the molecule is CCN(CC)S(=O)(=O)c1ccc(C=CC(=O)N(C)Cc2ccc(Cl)cc2)cc1. The van der Waals surface area contributed by atoms with E-state index in [1.165, 1.54) is 10.4 Å². The number of sulfonamides is 1. The van der Waals surface area contributed by atoms with Crippen LogP contribution in [-0.2, 0) is 21.4 Å². The Hall–Kier alpha value is -2.15. The van der Waals surface area contributed by atoms with Crippen molar-refractivity contribution in [3.8, 4) is 0 Å². The van der Waals surface area contributed by atoms with Crippen molar-refractivity contribution in [1.29, 1.82) is 0 Å². The van der Waals surface area contributed by atoms with Gasteiger partial charge in [-0.25, -0.2) is 8.42 Å². The lowest BCUT2D eigenvalue weighted by Gasteiger charge is -2.18. The number of hydrogen-bond donors (Lipinski definition) is 0. The van der Waals surface area contributed by atoms with E-state index in [0.717, 1.165) is 11.1 Å². The van der Waals surface area contributed by atoms with E-state index in [1.807, 2.05) is 26.0 Å². The second kappa shape index (κ2) is 9.87. The fourth-order valence-corrected chi connectivity index (χ4v) is 4.28. The minimum Gasteiger partial charge on any atom is -0.338 e. The quantitative estimate of drug-likeness (QED) is 0.605. The van der Waals surface area contributed by atoms with Crippen LogP contribution < -0.4 is 0 Å². The molecule has 5 nitrogen and oxygen atoms in total. The molecular formula is C21H25ClN2O3S. The van der Waals surface area contributed by atoms with E-state index in [2.05, 4.69) is 0 Å². The summed E-state index contributed by atoms with van der Waals surface area (Å²) in [5, 5.41) is 0.657. The zero-order valence-electron chi connectivity index (χ0n) is 16.3. The first kappa shape index (κ1) is 22.1. The van der Waals surface area contributed by atoms with Gasteiger partial charge in [-0.2, -0.15) is 4.31 Å². The van der Waals surface area contributed by atoms with Crippen LogP contribution >= 0.6 is 11.6 Å². The van der Waals surface area contributed by atoms with Gasteiger partial charge in [0, 0.05) is 37.8 Å². The van der Waals surface area contributed by atoms with Gasteiger partial charge in [-0.3, -0.25) is 4.79 Å². The van der Waals surface area contributed by atoms with Gasteiger partial charge in [0.2, 0.25) is 15.9 Å². The molecule has 0 aliphatic carbocycles. The summed E-state index contributed by atoms with van der Waals surface area (Å²) in [5.41, 5.74) is 1.74. The van der Waals surface area contributed by atoms with E-state index in [1.54, 1.807) is 54.4 Å². The highest BCUT2D eigenvalue weighted by Gasteiger charge is 2.20. The molecule has 0 N–H and O–H groups in total. The van der Waals surface area contributed by atoms with Gasteiger partial charge in [0.1, 0.15) is 0 Å². The summed E-state index contributed by atoms with van der Waals surface area (Å²) >= 11 is 5.87. The van der Waals surface area contributed by atoms with E-state index in [4.69, 9.17) is 11.6 Å². The Balaban J connectivity index is 2.03. The van der Waals surface area contributed by atoms with Crippen LogP contribution in [0.15, 0.2) is 59.5 Å². The molecule has 2 aromatic carbocycles. The van der Waals surface area contributed by atoms with E-state index in [9.17, 15) is 13.2 Å². The zero-order valence-corrected chi connectivity index (χ0v) is 17.9. The van der Waals surface area contributed by atoms with Crippen molar-refractivity contribution in [1.82, 2.24) is 9.21 Å². The number of hydrogen-bond acceptors (Lipinski definition) is 3. The number of nitrogens with zero attached hydrogens (tertiary/aromatic N) is 2. The van der Waals surface area contributed by atoms with Crippen LogP contribution in [0.3, 0.4) is 0 Å². The molecule has 0 aliphatic rings. The van der Waals surface area contributed by atoms with E-state index in [-0.39, 0.29) is 10.8 Å². The van der Waals surface area contributed by atoms with Gasteiger partial charge in [0.25, 0.3) is 0 Å². The number of carbonyl (C=O) groups is 1. The Morgan fingerprint density at radius 2 is 1.57 bits per heavy atom. The third-order valence-electron chi connectivity index (χ3n) is 4.35. The van der Waals surface area contributed by atoms with Gasteiger partial charge >= 0.3 is 0 Å². The van der Waals surface area contributed by atoms with Gasteiger partial charge in [-0.1, -0.05) is 49.7 Å². The first-order chi connectivity index (χ1) is 13.3. The monoisotopic (exact) mass is 420 g/mol. The molecule has 0 aromatic heterocycles. The summed E-state index contributed by atoms with van der Waals surface area (Å²) in [6.45, 7) is 4.94. The first-order valence-corrected chi connectivity index (χ1v) is 10.9. The van der Waals surface area contributed by atoms with Crippen molar-refractivity contribution in [2.75, 3.05) is 20.1 Å². The minimum absolute atomic E-state index is 0.144. The maximum Gasteiger partial charge on any atom is 0.246 e. The Morgan fingerprint density at radius 1 is 1.00 bits per heavy atom. The largest absolute Gasteiger partial charge is 0.338 e. The lowest BCUT2D eigenvalue weighted by molar-refractivity contribution is -0.125. The Labute approximate surface area is 172 Å². The van der Waals surface area contributed by atoms with E-state index in [0.29, 0.717) is 24.7 Å². The maximum atomic E-state index is 12.5. The summed E-state index contributed by atoms with van der Waals surface area (Å²) in [5.74, 6) is -0.144. The molecule has 0 aliphatic heterocycles. The molecule has 0 spiro atoms. The molecule has 0 atom stereocenters. The maximum absolute atomic E-state index is 12.5. The van der Waals surface area contributed by atoms with E-state index < -0.39 is 10.0 Å². The number of rotatable bonds is 8. The lowest BCUT2D eigenvalue weighted by atomic mass is 10.2. The molecule has 1 amide bonds. The molecule has 2 aromatic rings. The molecule has 2 rings (SSSR count). The molecule has 0 saturated carbocycles. The summed E-state index contributed by atoms with van der Waals surface area (Å²) in [4.78, 5) is 14.1. The second-order valence-corrected chi connectivity index (χ2v) is 8.69. The van der Waals surface area contributed by atoms with E-state index >= 15 is 0 Å². The number of likely N-dealkylation sites (N-methyl/N-ethyl adjacent to an activating group) is 1. The Kier molecular flexibility index (Phi) is 7.80. The van der Waals surface area contributed by atoms with Crippen LogP contribution in [0.25, 0.3) is 6.08 Å². The zero-order chi connectivity index (χ0) is 20.7. The number of amides is 1. The molecule has 0 bridgehead atoms. The van der Waals surface area contributed by atoms with Gasteiger partial charge in [0.15, 0.2) is 0 Å². The highest BCUT2D eigenvalue weighted by molar-refractivity contribution is 7.89. The molecule has 28 heavy (non-hydrogen) atoms. The predicted molar refractivity (Wildman–Crippen MR) is 114 cm³/mol. The highest BCUT2D eigenvalue weighted by atomic mass is 35.5. The molecule has 150 valence electrons. The van der Waals surface area contributed by atoms with Crippen LogP contribution in [0, 0.1) is 0 Å². The normalized spacial score (nSPS) is 11.9. The summed E-state index contributed by atoms with van der Waals surface area (Å²) < 4.78 is 26.4. The Bertz CT molecular complexity index is 919. The Morgan fingerprint density at radius 3 is 2.11 bits per heavy atom. The van der Waals surface area contributed by atoms with Gasteiger partial charge < -0.3 is 4.90 Å². The van der Waals surface area contributed by atoms with Crippen molar-refractivity contribution < 1.29 is 13.2 Å². The third-order valence-corrected chi connectivity index (χ3v) is 6.67. The molecule has 0 saturated heterocycles. The second-order valence-electron chi connectivity index (χ2n) is 6.31. The molecule has 0 heterocycles. The number of benzene rings is 2. The predicted octanol–water partition coefficient (Wildman–Crippen LogP) is 4.04. The fourth-order valence-electron chi connectivity index (χ4n) is 2.70. The molecule has 0 unspecified atom stereocenters. The summed E-state index contributed by atoms with van der Waals surface area (Å²) in [7, 11) is -1.75. The molecular weight excluding hydrogens is 396 g/mol. The average Bonchev–Trinajstić information content (AvgIpc) is 2.69. The first-order valence-electron chi connectivity index (χ1n) is 9.05. The van der Waals surface area contributed by atoms with Gasteiger partial charge in [-0.05, 0) is 41.5 Å². The lowest BCUT2D eigenvalue weighted by Crippen LogP contribution is -2.30. The van der Waals surface area contributed by atoms with Crippen LogP contribution in [0.5, 0.6) is 0 Å². The van der Waals surface area contributed by atoms with Crippen molar-refractivity contribution in [2.45, 2.75) is 25.3 Å². The topological polar surface area (TPSA) is 57.7 Å². The van der Waals surface area contributed by atoms with Gasteiger partial charge in [0.05, 0.1) is 4.90 Å². The third kappa shape index (κ3) is 5.67. The minimum atomic E-state index is -3.48. The van der Waals surface area contributed by atoms with Crippen LogP contribution in [0.2, 0.25) is 5.02 Å². The molecule has 0 fully saturated rings. The summed E-state index contributed by atoms with van der Waals surface area (Å²) in [6, 6.07) is 13.9. The van der Waals surface area contributed by atoms with Gasteiger partial charge in [-0.15, -0.1) is 0 Å². The molecule has 7 heteroatoms. The standard InChI is InChI=1S/C21H25ClN2O3S/c1-4-24(5-2)28(26,27)20-13-8-17(9-14-20)10-15-21(25)23(3)16-18-6-11-19(22)12-7-18/h6-15H,4-5,16H2,1-3H3. The highest BCUT2D eigenvalue weighted by Crippen LogP contribution is 2.17. The van der Waals surface area contributed by atoms with Crippen LogP contribution in [-0.4, -0.2) is 43.7 Å². The average molecular weight is 421 g/mol. The summed E-state index contributed by atoms with van der Waals surface area (Å²) in [6.07, 6.45) is 3.15. The van der Waals surface area contributed by atoms with Crippen molar-refractivity contribution >= 4 is 33.6 Å². The smallest absolute Gasteiger partial charge is 0.246 e. The van der Waals surface area contributed by atoms with Crippen LogP contribution in [0.1, 0.15) is 25.0 Å². The van der Waals surface area contributed by atoms with Crippen molar-refractivity contribution in [3.05, 3.63) is 70.8 Å². The number of carbonyl (C=O) groups excluding carboxylic acids is 1.